The summed E-state index contributed by atoms with van der Waals surface area (Å²) in [5, 5.41) is 6.36. The number of amides is 1. The standard InChI is InChI=1S/C15H22N2O/c1-4-15(7-8-16-10-15)14(18)17-13-6-5-11(2)12(3)9-13/h5-6,9,16H,4,7-8,10H2,1-3H3,(H,17,18). The fraction of sp³-hybridized carbons (Fsp3) is 0.533. The van der Waals surface area contributed by atoms with Crippen LogP contribution in [0.25, 0.3) is 0 Å². The molecule has 0 aliphatic carbocycles. The maximum atomic E-state index is 12.4. The van der Waals surface area contributed by atoms with E-state index in [4.69, 9.17) is 0 Å². The summed E-state index contributed by atoms with van der Waals surface area (Å²) in [5.74, 6) is 0.151. The van der Waals surface area contributed by atoms with Crippen LogP contribution in [0, 0.1) is 19.3 Å². The SMILES string of the molecule is CCC1(C(=O)Nc2ccc(C)c(C)c2)CCNC1. The lowest BCUT2D eigenvalue weighted by Gasteiger charge is -2.25. The van der Waals surface area contributed by atoms with Crippen LogP contribution in [0.5, 0.6) is 0 Å². The van der Waals surface area contributed by atoms with Gasteiger partial charge in [0.2, 0.25) is 5.91 Å². The second-order valence-corrected chi connectivity index (χ2v) is 5.31. The van der Waals surface area contributed by atoms with Gasteiger partial charge in [-0.25, -0.2) is 0 Å². The van der Waals surface area contributed by atoms with Crippen molar-refractivity contribution in [2.45, 2.75) is 33.6 Å². The minimum atomic E-state index is -0.223. The van der Waals surface area contributed by atoms with Gasteiger partial charge in [0.25, 0.3) is 0 Å². The van der Waals surface area contributed by atoms with Gasteiger partial charge in [0.05, 0.1) is 5.41 Å². The molecule has 3 nitrogen and oxygen atoms in total. The van der Waals surface area contributed by atoms with Crippen LogP contribution in [0.1, 0.15) is 30.9 Å². The first-order valence-electron chi connectivity index (χ1n) is 6.67. The molecule has 1 unspecified atom stereocenters. The van der Waals surface area contributed by atoms with Gasteiger partial charge in [-0.15, -0.1) is 0 Å². The monoisotopic (exact) mass is 246 g/mol. The molecule has 1 atom stereocenters. The van der Waals surface area contributed by atoms with Crippen molar-refractivity contribution in [2.24, 2.45) is 5.41 Å². The van der Waals surface area contributed by atoms with Crippen LogP contribution < -0.4 is 10.6 Å². The van der Waals surface area contributed by atoms with Crippen LogP contribution in [-0.2, 0) is 4.79 Å². The van der Waals surface area contributed by atoms with Crippen LogP contribution in [0.4, 0.5) is 5.69 Å². The number of carbonyl (C=O) groups excluding carboxylic acids is 1. The molecule has 1 heterocycles. The zero-order valence-electron chi connectivity index (χ0n) is 11.5. The van der Waals surface area contributed by atoms with Crippen LogP contribution in [-0.4, -0.2) is 19.0 Å². The molecule has 1 saturated heterocycles. The molecular formula is C15H22N2O. The molecule has 0 bridgehead atoms. The Morgan fingerprint density at radius 2 is 2.17 bits per heavy atom. The molecular weight excluding hydrogens is 224 g/mol. The molecule has 0 spiro atoms. The average molecular weight is 246 g/mol. The molecule has 3 heteroatoms. The summed E-state index contributed by atoms with van der Waals surface area (Å²) < 4.78 is 0. The summed E-state index contributed by atoms with van der Waals surface area (Å²) in [7, 11) is 0. The van der Waals surface area contributed by atoms with Crippen LogP contribution in [0.3, 0.4) is 0 Å². The Kier molecular flexibility index (Phi) is 3.71. The lowest BCUT2D eigenvalue weighted by atomic mass is 9.83. The van der Waals surface area contributed by atoms with Crippen LogP contribution >= 0.6 is 0 Å². The number of hydrogen-bond acceptors (Lipinski definition) is 2. The number of carbonyl (C=O) groups is 1. The molecule has 1 aliphatic rings. The quantitative estimate of drug-likeness (QED) is 0.861. The average Bonchev–Trinajstić information content (AvgIpc) is 2.84. The largest absolute Gasteiger partial charge is 0.326 e. The molecule has 1 aliphatic heterocycles. The Morgan fingerprint density at radius 3 is 2.72 bits per heavy atom. The zero-order chi connectivity index (χ0) is 13.2. The zero-order valence-corrected chi connectivity index (χ0v) is 11.5. The highest BCUT2D eigenvalue weighted by Crippen LogP contribution is 2.31. The number of anilines is 1. The van der Waals surface area contributed by atoms with Crippen molar-refractivity contribution in [1.29, 1.82) is 0 Å². The molecule has 1 amide bonds. The molecule has 1 aromatic rings. The fourth-order valence-electron chi connectivity index (χ4n) is 2.48. The number of nitrogens with one attached hydrogen (secondary N) is 2. The van der Waals surface area contributed by atoms with Crippen molar-refractivity contribution in [3.05, 3.63) is 29.3 Å². The molecule has 1 fully saturated rings. The summed E-state index contributed by atoms with van der Waals surface area (Å²) in [4.78, 5) is 12.4. The molecule has 0 radical (unpaired) electrons. The Hall–Kier alpha value is -1.35. The maximum Gasteiger partial charge on any atom is 0.231 e. The summed E-state index contributed by atoms with van der Waals surface area (Å²) in [6.45, 7) is 7.97. The topological polar surface area (TPSA) is 41.1 Å². The fourth-order valence-corrected chi connectivity index (χ4v) is 2.48. The summed E-state index contributed by atoms with van der Waals surface area (Å²) in [6.07, 6.45) is 1.82. The van der Waals surface area contributed by atoms with Crippen molar-refractivity contribution in [3.63, 3.8) is 0 Å². The summed E-state index contributed by atoms with van der Waals surface area (Å²) in [6, 6.07) is 6.07. The van der Waals surface area contributed by atoms with E-state index in [1.165, 1.54) is 11.1 Å². The molecule has 2 N–H and O–H groups in total. The van der Waals surface area contributed by atoms with Crippen molar-refractivity contribution in [2.75, 3.05) is 18.4 Å². The van der Waals surface area contributed by atoms with E-state index in [1.807, 2.05) is 12.1 Å². The second kappa shape index (κ2) is 5.11. The summed E-state index contributed by atoms with van der Waals surface area (Å²) in [5.41, 5.74) is 3.14. The van der Waals surface area contributed by atoms with Crippen LogP contribution in [0.15, 0.2) is 18.2 Å². The van der Waals surface area contributed by atoms with Crippen molar-refractivity contribution in [1.82, 2.24) is 5.32 Å². The Morgan fingerprint density at radius 1 is 1.39 bits per heavy atom. The van der Waals surface area contributed by atoms with Crippen molar-refractivity contribution < 1.29 is 4.79 Å². The predicted octanol–water partition coefficient (Wildman–Crippen LogP) is 2.63. The van der Waals surface area contributed by atoms with E-state index >= 15 is 0 Å². The number of benzene rings is 1. The molecule has 2 rings (SSSR count). The molecule has 0 aromatic heterocycles. The minimum Gasteiger partial charge on any atom is -0.326 e. The highest BCUT2D eigenvalue weighted by molar-refractivity contribution is 5.95. The predicted molar refractivity (Wildman–Crippen MR) is 74.8 cm³/mol. The normalized spacial score (nSPS) is 23.1. The van der Waals surface area contributed by atoms with Gasteiger partial charge in [0.1, 0.15) is 0 Å². The van der Waals surface area contributed by atoms with E-state index in [-0.39, 0.29) is 11.3 Å². The minimum absolute atomic E-state index is 0.151. The van der Waals surface area contributed by atoms with Gasteiger partial charge in [0.15, 0.2) is 0 Å². The van der Waals surface area contributed by atoms with E-state index in [2.05, 4.69) is 37.5 Å². The number of aryl methyl sites for hydroxylation is 2. The van der Waals surface area contributed by atoms with E-state index in [1.54, 1.807) is 0 Å². The molecule has 1 aromatic carbocycles. The van der Waals surface area contributed by atoms with Gasteiger partial charge < -0.3 is 10.6 Å². The Balaban J connectivity index is 2.13. The molecule has 98 valence electrons. The number of rotatable bonds is 3. The first-order valence-corrected chi connectivity index (χ1v) is 6.67. The van der Waals surface area contributed by atoms with E-state index < -0.39 is 0 Å². The molecule has 0 saturated carbocycles. The smallest absolute Gasteiger partial charge is 0.231 e. The van der Waals surface area contributed by atoms with Crippen molar-refractivity contribution in [3.8, 4) is 0 Å². The van der Waals surface area contributed by atoms with E-state index in [0.29, 0.717) is 0 Å². The third kappa shape index (κ3) is 2.41. The van der Waals surface area contributed by atoms with Gasteiger partial charge in [-0.3, -0.25) is 4.79 Å². The van der Waals surface area contributed by atoms with Gasteiger partial charge in [0, 0.05) is 12.2 Å². The highest BCUT2D eigenvalue weighted by Gasteiger charge is 2.39. The van der Waals surface area contributed by atoms with E-state index in [9.17, 15) is 4.79 Å². The number of hydrogen-bond donors (Lipinski definition) is 2. The lowest BCUT2D eigenvalue weighted by Crippen LogP contribution is -2.37. The van der Waals surface area contributed by atoms with Gasteiger partial charge in [-0.05, 0) is 56.5 Å². The lowest BCUT2D eigenvalue weighted by molar-refractivity contribution is -0.124. The first-order chi connectivity index (χ1) is 8.57. The van der Waals surface area contributed by atoms with Crippen LogP contribution in [0.2, 0.25) is 0 Å². The summed E-state index contributed by atoms with van der Waals surface area (Å²) >= 11 is 0. The molecule has 18 heavy (non-hydrogen) atoms. The first kappa shape index (κ1) is 13.1. The van der Waals surface area contributed by atoms with Crippen molar-refractivity contribution >= 4 is 11.6 Å². The Labute approximate surface area is 109 Å². The Bertz CT molecular complexity index is 448. The third-order valence-corrected chi connectivity index (χ3v) is 4.17. The maximum absolute atomic E-state index is 12.4. The van der Waals surface area contributed by atoms with E-state index in [0.717, 1.165) is 31.6 Å². The van der Waals surface area contributed by atoms with Gasteiger partial charge in [-0.2, -0.15) is 0 Å². The van der Waals surface area contributed by atoms with Gasteiger partial charge in [-0.1, -0.05) is 13.0 Å². The third-order valence-electron chi connectivity index (χ3n) is 4.17. The highest BCUT2D eigenvalue weighted by atomic mass is 16.2. The van der Waals surface area contributed by atoms with Gasteiger partial charge >= 0.3 is 0 Å². The second-order valence-electron chi connectivity index (χ2n) is 5.31.